The Hall–Kier alpha value is -2.22. The van der Waals surface area contributed by atoms with E-state index >= 15 is 0 Å². The highest BCUT2D eigenvalue weighted by Crippen LogP contribution is 2.31. The average Bonchev–Trinajstić information content (AvgIpc) is 3.14. The second kappa shape index (κ2) is 6.25. The lowest BCUT2D eigenvalue weighted by Gasteiger charge is -2.38. The van der Waals surface area contributed by atoms with Gasteiger partial charge in [-0.15, -0.1) is 5.10 Å². The molecule has 1 atom stereocenters. The van der Waals surface area contributed by atoms with Crippen molar-refractivity contribution in [3.8, 4) is 0 Å². The predicted octanol–water partition coefficient (Wildman–Crippen LogP) is 1.33. The van der Waals surface area contributed by atoms with E-state index in [-0.39, 0.29) is 18.5 Å². The average molecular weight is 346 g/mol. The van der Waals surface area contributed by atoms with Crippen molar-refractivity contribution in [1.82, 2.24) is 29.7 Å². The molecule has 8 nitrogen and oxygen atoms in total. The lowest BCUT2D eigenvalue weighted by Crippen LogP contribution is -2.49. The number of nitrogens with zero attached hydrogens (tertiary/aromatic N) is 6. The van der Waals surface area contributed by atoms with Gasteiger partial charge in [0.25, 0.3) is 5.91 Å². The van der Waals surface area contributed by atoms with Crippen LogP contribution in [0.4, 0.5) is 0 Å². The highest BCUT2D eigenvalue weighted by Gasteiger charge is 2.40. The number of rotatable bonds is 3. The van der Waals surface area contributed by atoms with Crippen LogP contribution in [-0.4, -0.2) is 53.8 Å². The molecule has 1 N–H and O–H groups in total. The van der Waals surface area contributed by atoms with Crippen molar-refractivity contribution in [2.45, 2.75) is 52.2 Å². The van der Waals surface area contributed by atoms with Gasteiger partial charge in [0.05, 0.1) is 24.0 Å². The SMILES string of the molecule is Cc1nn(C)c(C)c1C(=O)N1CCC[C@](O)(c2cn(C(C)C)nn2)C1. The Kier molecular flexibility index (Phi) is 4.40. The van der Waals surface area contributed by atoms with Gasteiger partial charge in [-0.25, -0.2) is 4.68 Å². The number of aryl methyl sites for hydroxylation is 2. The molecule has 3 heterocycles. The number of β-amino-alcohol motifs (C(OH)–C–C–N with tert-alkyl or cyclic N) is 1. The first-order chi connectivity index (χ1) is 11.7. The molecule has 1 saturated heterocycles. The van der Waals surface area contributed by atoms with Gasteiger partial charge in [-0.3, -0.25) is 9.48 Å². The molecular weight excluding hydrogens is 320 g/mol. The van der Waals surface area contributed by atoms with Crippen LogP contribution in [0.2, 0.25) is 0 Å². The van der Waals surface area contributed by atoms with Crippen molar-refractivity contribution >= 4 is 5.91 Å². The van der Waals surface area contributed by atoms with Crippen molar-refractivity contribution in [1.29, 1.82) is 0 Å². The van der Waals surface area contributed by atoms with Crippen LogP contribution in [0, 0.1) is 13.8 Å². The summed E-state index contributed by atoms with van der Waals surface area (Å²) >= 11 is 0. The number of aromatic nitrogens is 5. The van der Waals surface area contributed by atoms with Crippen LogP contribution in [0.1, 0.15) is 60.2 Å². The fraction of sp³-hybridized carbons (Fsp3) is 0.647. The summed E-state index contributed by atoms with van der Waals surface area (Å²) in [5, 5.41) is 23.7. The maximum Gasteiger partial charge on any atom is 0.257 e. The molecule has 3 rings (SSSR count). The third-order valence-electron chi connectivity index (χ3n) is 5.00. The third kappa shape index (κ3) is 3.06. The molecule has 8 heteroatoms. The molecule has 1 amide bonds. The van der Waals surface area contributed by atoms with E-state index in [0.29, 0.717) is 29.9 Å². The summed E-state index contributed by atoms with van der Waals surface area (Å²) in [5.41, 5.74) is 1.54. The third-order valence-corrected chi connectivity index (χ3v) is 5.00. The smallest absolute Gasteiger partial charge is 0.257 e. The minimum absolute atomic E-state index is 0.0857. The summed E-state index contributed by atoms with van der Waals surface area (Å²) in [6.07, 6.45) is 3.06. The molecule has 1 aliphatic heterocycles. The van der Waals surface area contributed by atoms with Gasteiger partial charge in [0, 0.05) is 25.3 Å². The van der Waals surface area contributed by atoms with Gasteiger partial charge in [0.2, 0.25) is 0 Å². The highest BCUT2D eigenvalue weighted by atomic mass is 16.3. The topological polar surface area (TPSA) is 89.1 Å². The summed E-state index contributed by atoms with van der Waals surface area (Å²) in [6.45, 7) is 8.58. The Morgan fingerprint density at radius 1 is 1.36 bits per heavy atom. The van der Waals surface area contributed by atoms with E-state index in [1.807, 2.05) is 34.7 Å². The van der Waals surface area contributed by atoms with Crippen LogP contribution in [0.3, 0.4) is 0 Å². The number of hydrogen-bond acceptors (Lipinski definition) is 5. The minimum atomic E-state index is -1.16. The molecule has 0 radical (unpaired) electrons. The van der Waals surface area contributed by atoms with E-state index in [1.54, 1.807) is 20.5 Å². The van der Waals surface area contributed by atoms with Crippen LogP contribution in [-0.2, 0) is 12.6 Å². The number of aliphatic hydroxyl groups is 1. The van der Waals surface area contributed by atoms with Gasteiger partial charge in [0.15, 0.2) is 0 Å². The molecule has 25 heavy (non-hydrogen) atoms. The summed E-state index contributed by atoms with van der Waals surface area (Å²) in [5.74, 6) is -0.0857. The Bertz CT molecular complexity index is 793. The molecule has 1 aliphatic rings. The molecule has 0 bridgehead atoms. The van der Waals surface area contributed by atoms with Crippen LogP contribution in [0.25, 0.3) is 0 Å². The van der Waals surface area contributed by atoms with Crippen molar-refractivity contribution in [3.05, 3.63) is 28.8 Å². The summed E-state index contributed by atoms with van der Waals surface area (Å²) in [7, 11) is 1.83. The molecule has 136 valence electrons. The Balaban J connectivity index is 1.86. The Labute approximate surface area is 147 Å². The summed E-state index contributed by atoms with van der Waals surface area (Å²) in [6, 6.07) is 0.173. The molecule has 0 unspecified atom stereocenters. The first-order valence-electron chi connectivity index (χ1n) is 8.67. The van der Waals surface area contributed by atoms with Gasteiger partial charge in [0.1, 0.15) is 11.3 Å². The highest BCUT2D eigenvalue weighted by molar-refractivity contribution is 5.96. The van der Waals surface area contributed by atoms with Crippen LogP contribution < -0.4 is 0 Å². The van der Waals surface area contributed by atoms with Crippen molar-refractivity contribution in [2.24, 2.45) is 7.05 Å². The van der Waals surface area contributed by atoms with E-state index in [4.69, 9.17) is 0 Å². The van der Waals surface area contributed by atoms with Crippen LogP contribution >= 0.6 is 0 Å². The zero-order valence-electron chi connectivity index (χ0n) is 15.5. The van der Waals surface area contributed by atoms with Gasteiger partial charge >= 0.3 is 0 Å². The van der Waals surface area contributed by atoms with E-state index in [0.717, 1.165) is 12.1 Å². The summed E-state index contributed by atoms with van der Waals surface area (Å²) in [4.78, 5) is 14.7. The number of hydrogen-bond donors (Lipinski definition) is 1. The van der Waals surface area contributed by atoms with E-state index in [9.17, 15) is 9.90 Å². The number of amides is 1. The van der Waals surface area contributed by atoms with Crippen molar-refractivity contribution in [3.63, 3.8) is 0 Å². The molecule has 1 fully saturated rings. The zero-order chi connectivity index (χ0) is 18.4. The van der Waals surface area contributed by atoms with Gasteiger partial charge in [-0.05, 0) is 40.5 Å². The fourth-order valence-electron chi connectivity index (χ4n) is 3.40. The first kappa shape index (κ1) is 17.6. The molecule has 0 spiro atoms. The maximum atomic E-state index is 13.0. The van der Waals surface area contributed by atoms with E-state index in [1.165, 1.54) is 0 Å². The van der Waals surface area contributed by atoms with Crippen molar-refractivity contribution in [2.75, 3.05) is 13.1 Å². The second-order valence-corrected chi connectivity index (χ2v) is 7.21. The normalized spacial score (nSPS) is 21.2. The molecule has 2 aromatic rings. The van der Waals surface area contributed by atoms with Crippen LogP contribution in [0.15, 0.2) is 6.20 Å². The van der Waals surface area contributed by atoms with E-state index < -0.39 is 5.60 Å². The van der Waals surface area contributed by atoms with E-state index in [2.05, 4.69) is 15.4 Å². The number of carbonyl (C=O) groups is 1. The largest absolute Gasteiger partial charge is 0.382 e. The Morgan fingerprint density at radius 3 is 2.64 bits per heavy atom. The molecule has 0 aliphatic carbocycles. The number of likely N-dealkylation sites (tertiary alicyclic amines) is 1. The van der Waals surface area contributed by atoms with Crippen LogP contribution in [0.5, 0.6) is 0 Å². The maximum absolute atomic E-state index is 13.0. The second-order valence-electron chi connectivity index (χ2n) is 7.21. The minimum Gasteiger partial charge on any atom is -0.382 e. The number of piperidine rings is 1. The lowest BCUT2D eigenvalue weighted by molar-refractivity contribution is -0.0321. The quantitative estimate of drug-likeness (QED) is 0.906. The molecule has 0 aromatic carbocycles. The van der Waals surface area contributed by atoms with Gasteiger partial charge in [-0.2, -0.15) is 5.10 Å². The summed E-state index contributed by atoms with van der Waals surface area (Å²) < 4.78 is 3.44. The zero-order valence-corrected chi connectivity index (χ0v) is 15.5. The predicted molar refractivity (Wildman–Crippen MR) is 92.1 cm³/mol. The fourth-order valence-corrected chi connectivity index (χ4v) is 3.40. The molecule has 0 saturated carbocycles. The number of carbonyl (C=O) groups excluding carboxylic acids is 1. The first-order valence-corrected chi connectivity index (χ1v) is 8.67. The van der Waals surface area contributed by atoms with Gasteiger partial charge in [-0.1, -0.05) is 5.21 Å². The van der Waals surface area contributed by atoms with Crippen molar-refractivity contribution < 1.29 is 9.90 Å². The van der Waals surface area contributed by atoms with Gasteiger partial charge < -0.3 is 10.0 Å². The molecule has 2 aromatic heterocycles. The standard InChI is InChI=1S/C17H26N6O2/c1-11(2)23-9-14(18-20-23)17(25)7-6-8-22(10-17)16(24)15-12(3)19-21(5)13(15)4/h9,11,25H,6-8,10H2,1-5H3/t17-/m1/s1. The Morgan fingerprint density at radius 2 is 2.08 bits per heavy atom. The monoisotopic (exact) mass is 346 g/mol. The lowest BCUT2D eigenvalue weighted by atomic mass is 9.89. The molecular formula is C17H26N6O2.